The molecule has 0 spiro atoms. The summed E-state index contributed by atoms with van der Waals surface area (Å²) in [5.74, 6) is 1.69. The topological polar surface area (TPSA) is 57.7 Å². The number of halogens is 1. The molecule has 0 unspecified atom stereocenters. The third-order valence-corrected chi connectivity index (χ3v) is 3.33. The number of hydrogen-bond donors (Lipinski definition) is 3. The number of rotatable bonds is 1. The molecule has 0 aromatic heterocycles. The highest BCUT2D eigenvalue weighted by Crippen LogP contribution is 2.36. The molecular weight excluding hydrogens is 284 g/mol. The van der Waals surface area contributed by atoms with Gasteiger partial charge in [-0.3, -0.25) is 4.99 Å². The highest BCUT2D eigenvalue weighted by atomic mass is 79.9. The molecule has 1 aromatic carbocycles. The van der Waals surface area contributed by atoms with Gasteiger partial charge in [-0.1, -0.05) is 0 Å². The van der Waals surface area contributed by atoms with E-state index in [2.05, 4.69) is 36.9 Å². The van der Waals surface area contributed by atoms with Crippen molar-refractivity contribution in [3.05, 3.63) is 16.6 Å². The molecule has 2 aliphatic rings. The van der Waals surface area contributed by atoms with Crippen LogP contribution in [0.1, 0.15) is 0 Å². The van der Waals surface area contributed by atoms with E-state index in [4.69, 9.17) is 4.74 Å². The van der Waals surface area contributed by atoms with Crippen LogP contribution in [0, 0.1) is 0 Å². The fourth-order valence-corrected chi connectivity index (χ4v) is 2.31. The summed E-state index contributed by atoms with van der Waals surface area (Å²) >= 11 is 3.54. The number of nitrogens with zero attached hydrogens (tertiary/aromatic N) is 1. The lowest BCUT2D eigenvalue weighted by Crippen LogP contribution is -2.26. The number of benzene rings is 1. The van der Waals surface area contributed by atoms with Crippen LogP contribution < -0.4 is 20.7 Å². The summed E-state index contributed by atoms with van der Waals surface area (Å²) in [5, 5.41) is 9.71. The number of fused-ring (bicyclic) bond motifs is 1. The van der Waals surface area contributed by atoms with Crippen LogP contribution in [0.2, 0.25) is 0 Å². The van der Waals surface area contributed by atoms with Crippen molar-refractivity contribution in [2.45, 2.75) is 0 Å². The van der Waals surface area contributed by atoms with E-state index in [0.717, 1.165) is 47.2 Å². The largest absolute Gasteiger partial charge is 0.490 e. The van der Waals surface area contributed by atoms with Crippen molar-refractivity contribution in [1.29, 1.82) is 0 Å². The third kappa shape index (κ3) is 2.17. The number of ether oxygens (including phenoxy) is 1. The lowest BCUT2D eigenvalue weighted by Gasteiger charge is -2.21. The van der Waals surface area contributed by atoms with Crippen LogP contribution in [0.3, 0.4) is 0 Å². The molecule has 90 valence electrons. The van der Waals surface area contributed by atoms with Gasteiger partial charge in [0.15, 0.2) is 5.96 Å². The summed E-state index contributed by atoms with van der Waals surface area (Å²) in [7, 11) is 0. The van der Waals surface area contributed by atoms with Crippen LogP contribution in [-0.4, -0.2) is 32.2 Å². The van der Waals surface area contributed by atoms with E-state index in [1.54, 1.807) is 0 Å². The summed E-state index contributed by atoms with van der Waals surface area (Å²) in [6, 6.07) is 4.00. The van der Waals surface area contributed by atoms with Crippen LogP contribution in [0.25, 0.3) is 0 Å². The summed E-state index contributed by atoms with van der Waals surface area (Å²) in [6.07, 6.45) is 0. The molecule has 0 radical (unpaired) electrons. The Balaban J connectivity index is 1.88. The van der Waals surface area contributed by atoms with Crippen molar-refractivity contribution < 1.29 is 4.74 Å². The summed E-state index contributed by atoms with van der Waals surface area (Å²) in [4.78, 5) is 4.30. The van der Waals surface area contributed by atoms with Gasteiger partial charge in [0.25, 0.3) is 0 Å². The monoisotopic (exact) mass is 296 g/mol. The van der Waals surface area contributed by atoms with Crippen molar-refractivity contribution in [3.63, 3.8) is 0 Å². The second-order valence-electron chi connectivity index (χ2n) is 3.89. The Kier molecular flexibility index (Phi) is 2.80. The van der Waals surface area contributed by atoms with Crippen LogP contribution in [0.15, 0.2) is 21.6 Å². The molecule has 1 aromatic rings. The quantitative estimate of drug-likeness (QED) is 0.737. The van der Waals surface area contributed by atoms with Gasteiger partial charge >= 0.3 is 0 Å². The Morgan fingerprint density at radius 2 is 2.24 bits per heavy atom. The second kappa shape index (κ2) is 4.44. The van der Waals surface area contributed by atoms with Gasteiger partial charge in [0, 0.05) is 23.6 Å². The molecule has 2 heterocycles. The minimum atomic E-state index is 0.702. The van der Waals surface area contributed by atoms with E-state index in [1.807, 2.05) is 12.1 Å². The predicted octanol–water partition coefficient (Wildman–Crippen LogP) is 1.62. The van der Waals surface area contributed by atoms with Crippen molar-refractivity contribution in [2.24, 2.45) is 4.99 Å². The van der Waals surface area contributed by atoms with Crippen molar-refractivity contribution in [1.82, 2.24) is 5.32 Å². The molecule has 2 aliphatic heterocycles. The maximum atomic E-state index is 5.60. The predicted molar refractivity (Wildman–Crippen MR) is 72.1 cm³/mol. The Labute approximate surface area is 108 Å². The number of nitrogens with one attached hydrogen (secondary N) is 3. The lowest BCUT2D eigenvalue weighted by atomic mass is 10.2. The zero-order chi connectivity index (χ0) is 11.7. The van der Waals surface area contributed by atoms with Gasteiger partial charge in [-0.2, -0.15) is 0 Å². The van der Waals surface area contributed by atoms with Crippen molar-refractivity contribution >= 4 is 33.3 Å². The maximum Gasteiger partial charge on any atom is 0.195 e. The second-order valence-corrected chi connectivity index (χ2v) is 4.74. The van der Waals surface area contributed by atoms with Crippen LogP contribution in [0.4, 0.5) is 11.4 Å². The Morgan fingerprint density at radius 1 is 1.29 bits per heavy atom. The number of anilines is 2. The average molecular weight is 297 g/mol. The van der Waals surface area contributed by atoms with Crippen molar-refractivity contribution in [2.75, 3.05) is 36.9 Å². The summed E-state index contributed by atoms with van der Waals surface area (Å²) in [6.45, 7) is 3.26. The van der Waals surface area contributed by atoms with Gasteiger partial charge in [0.05, 0.1) is 17.9 Å². The maximum absolute atomic E-state index is 5.60. The molecule has 0 atom stereocenters. The molecule has 0 aliphatic carbocycles. The first kappa shape index (κ1) is 10.7. The molecule has 0 saturated carbocycles. The van der Waals surface area contributed by atoms with E-state index in [0.29, 0.717) is 6.61 Å². The third-order valence-electron chi connectivity index (χ3n) is 2.67. The Morgan fingerprint density at radius 3 is 3.06 bits per heavy atom. The van der Waals surface area contributed by atoms with Crippen molar-refractivity contribution in [3.8, 4) is 5.75 Å². The van der Waals surface area contributed by atoms with E-state index < -0.39 is 0 Å². The minimum Gasteiger partial charge on any atom is -0.490 e. The van der Waals surface area contributed by atoms with Gasteiger partial charge < -0.3 is 20.7 Å². The molecule has 6 heteroatoms. The van der Waals surface area contributed by atoms with Gasteiger partial charge in [0.1, 0.15) is 12.4 Å². The van der Waals surface area contributed by atoms with Crippen LogP contribution in [-0.2, 0) is 0 Å². The SMILES string of the molecule is Brc1cc2c(cc1NC1=NCCN1)OCCN2. The van der Waals surface area contributed by atoms with Gasteiger partial charge in [-0.05, 0) is 22.0 Å². The molecule has 0 saturated heterocycles. The van der Waals surface area contributed by atoms with E-state index in [1.165, 1.54) is 0 Å². The number of aliphatic imine (C=N–C) groups is 1. The Bertz CT molecular complexity index is 475. The first-order valence-electron chi connectivity index (χ1n) is 5.58. The molecule has 0 amide bonds. The summed E-state index contributed by atoms with van der Waals surface area (Å²) in [5.41, 5.74) is 1.98. The smallest absolute Gasteiger partial charge is 0.195 e. The van der Waals surface area contributed by atoms with E-state index in [9.17, 15) is 0 Å². The number of guanidine groups is 1. The Hall–Kier alpha value is -1.43. The lowest BCUT2D eigenvalue weighted by molar-refractivity contribution is 0.323. The first-order valence-corrected chi connectivity index (χ1v) is 6.38. The molecule has 0 fully saturated rings. The average Bonchev–Trinajstić information content (AvgIpc) is 2.83. The standard InChI is InChI=1S/C11H13BrN4O/c12-7-5-9-10(17-4-3-13-9)6-8(7)16-11-14-1-2-15-11/h5-6,13H,1-4H2,(H2,14,15,16). The van der Waals surface area contributed by atoms with Gasteiger partial charge in [0.2, 0.25) is 0 Å². The minimum absolute atomic E-state index is 0.702. The van der Waals surface area contributed by atoms with Gasteiger partial charge in [-0.25, -0.2) is 0 Å². The fourth-order valence-electron chi connectivity index (χ4n) is 1.86. The van der Waals surface area contributed by atoms with Crippen LogP contribution in [0.5, 0.6) is 5.75 Å². The molecule has 5 nitrogen and oxygen atoms in total. The highest BCUT2D eigenvalue weighted by molar-refractivity contribution is 9.10. The molecule has 3 N–H and O–H groups in total. The van der Waals surface area contributed by atoms with E-state index in [-0.39, 0.29) is 0 Å². The summed E-state index contributed by atoms with van der Waals surface area (Å²) < 4.78 is 6.59. The first-order chi connectivity index (χ1) is 8.33. The molecule has 0 bridgehead atoms. The molecule has 3 rings (SSSR count). The zero-order valence-electron chi connectivity index (χ0n) is 9.22. The fraction of sp³-hybridized carbons (Fsp3) is 0.364. The van der Waals surface area contributed by atoms with Crippen LogP contribution >= 0.6 is 15.9 Å². The van der Waals surface area contributed by atoms with E-state index >= 15 is 0 Å². The number of hydrogen-bond acceptors (Lipinski definition) is 5. The normalized spacial score (nSPS) is 17.4. The highest BCUT2D eigenvalue weighted by Gasteiger charge is 2.14. The molecule has 17 heavy (non-hydrogen) atoms. The zero-order valence-corrected chi connectivity index (χ0v) is 10.8. The molecular formula is C11H13BrN4O. The van der Waals surface area contributed by atoms with Gasteiger partial charge in [-0.15, -0.1) is 0 Å².